The summed E-state index contributed by atoms with van der Waals surface area (Å²) < 4.78 is 0. The van der Waals surface area contributed by atoms with Crippen molar-refractivity contribution in [1.29, 1.82) is 0 Å². The van der Waals surface area contributed by atoms with Gasteiger partial charge in [0.2, 0.25) is 0 Å². The minimum atomic E-state index is -1.17. The average molecular weight is 457 g/mol. The monoisotopic (exact) mass is 456 g/mol. The van der Waals surface area contributed by atoms with Crippen molar-refractivity contribution in [2.24, 2.45) is 39.4 Å². The molecule has 0 spiro atoms. The Labute approximate surface area is 202 Å². The van der Waals surface area contributed by atoms with Crippen LogP contribution in [0.1, 0.15) is 113 Å². The van der Waals surface area contributed by atoms with Gasteiger partial charge in [-0.25, -0.2) is 0 Å². The van der Waals surface area contributed by atoms with Crippen LogP contribution in [0.4, 0.5) is 0 Å². The zero-order valence-corrected chi connectivity index (χ0v) is 22.5. The fourth-order valence-corrected chi connectivity index (χ4v) is 9.15. The summed E-state index contributed by atoms with van der Waals surface area (Å²) >= 11 is 0. The molecule has 4 aliphatic carbocycles. The highest BCUT2D eigenvalue weighted by atomic mass is 16.3. The van der Waals surface area contributed by atoms with Gasteiger partial charge in [-0.3, -0.25) is 4.79 Å². The molecule has 0 bridgehead atoms. The van der Waals surface area contributed by atoms with Crippen LogP contribution in [0, 0.1) is 39.4 Å². The molecule has 2 fully saturated rings. The van der Waals surface area contributed by atoms with Gasteiger partial charge in [0.15, 0.2) is 0 Å². The Balaban J connectivity index is 1.65. The van der Waals surface area contributed by atoms with E-state index in [4.69, 9.17) is 0 Å². The lowest BCUT2D eigenvalue weighted by Crippen LogP contribution is -2.53. The second kappa shape index (κ2) is 7.70. The van der Waals surface area contributed by atoms with Gasteiger partial charge in [0.05, 0.1) is 0 Å². The molecule has 2 N–H and O–H groups in total. The van der Waals surface area contributed by atoms with E-state index in [2.05, 4.69) is 41.5 Å². The van der Waals surface area contributed by atoms with Crippen LogP contribution in [0.2, 0.25) is 0 Å². The van der Waals surface area contributed by atoms with Crippen LogP contribution >= 0.6 is 0 Å². The Kier molecular flexibility index (Phi) is 5.84. The van der Waals surface area contributed by atoms with E-state index in [9.17, 15) is 15.0 Å². The number of hydrogen-bond acceptors (Lipinski definition) is 3. The Hall–Kier alpha value is -1.09. The van der Waals surface area contributed by atoms with Crippen LogP contribution in [0.25, 0.3) is 0 Å². The van der Waals surface area contributed by atoms with Crippen molar-refractivity contribution in [3.8, 4) is 0 Å². The lowest BCUT2D eigenvalue weighted by molar-refractivity contribution is -0.139. The molecule has 0 aliphatic heterocycles. The second-order valence-electron chi connectivity index (χ2n) is 13.9. The Morgan fingerprint density at radius 1 is 1.03 bits per heavy atom. The zero-order valence-electron chi connectivity index (χ0n) is 22.5. The Morgan fingerprint density at radius 2 is 1.70 bits per heavy atom. The summed E-state index contributed by atoms with van der Waals surface area (Å²) in [5, 5.41) is 20.4. The van der Waals surface area contributed by atoms with Gasteiger partial charge in [-0.05, 0) is 105 Å². The number of aliphatic hydroxyl groups is 2. The number of fused-ring (bicyclic) bond motifs is 4. The molecule has 6 atom stereocenters. The minimum absolute atomic E-state index is 0.0922. The van der Waals surface area contributed by atoms with Gasteiger partial charge in [0.1, 0.15) is 17.1 Å². The Morgan fingerprint density at radius 3 is 2.33 bits per heavy atom. The van der Waals surface area contributed by atoms with E-state index in [-0.39, 0.29) is 27.4 Å². The Bertz CT molecular complexity index is 887. The molecule has 3 heteroatoms. The van der Waals surface area contributed by atoms with Crippen LogP contribution in [-0.2, 0) is 4.79 Å². The van der Waals surface area contributed by atoms with Gasteiger partial charge in [-0.15, -0.1) is 0 Å². The van der Waals surface area contributed by atoms with E-state index in [1.807, 2.05) is 6.08 Å². The molecule has 0 saturated heterocycles. The van der Waals surface area contributed by atoms with Gasteiger partial charge in [0.25, 0.3) is 0 Å². The van der Waals surface area contributed by atoms with Gasteiger partial charge in [-0.2, -0.15) is 0 Å². The maximum atomic E-state index is 12.8. The van der Waals surface area contributed by atoms with Crippen LogP contribution in [0.5, 0.6) is 0 Å². The molecule has 2 saturated carbocycles. The third-order valence-electron chi connectivity index (χ3n) is 11.6. The SMILES string of the molecule is CC(C/C=C(\O)C(C)(C)O)C1CC[C@@]2(C)C3=C(CC[C@]12C)[C@@]1(C)CCC(=O)C(C)(C)[C@@H]1CC3. The summed E-state index contributed by atoms with van der Waals surface area (Å²) in [6, 6.07) is 0. The van der Waals surface area contributed by atoms with Crippen molar-refractivity contribution in [1.82, 2.24) is 0 Å². The number of hydrogen-bond donors (Lipinski definition) is 2. The van der Waals surface area contributed by atoms with Crippen molar-refractivity contribution in [3.63, 3.8) is 0 Å². The molecule has 0 aromatic rings. The predicted molar refractivity (Wildman–Crippen MR) is 135 cm³/mol. The zero-order chi connectivity index (χ0) is 24.6. The average Bonchev–Trinajstić information content (AvgIpc) is 3.00. The quantitative estimate of drug-likeness (QED) is 0.339. The standard InChI is InChI=1S/C30H48O3/c1-19(9-12-25(32)27(4,5)33)20-13-17-30(8)22-10-11-23-26(2,3)24(31)15-16-28(23,6)21(22)14-18-29(20,30)7/h12,19-20,23,32-33H,9-11,13-18H2,1-8H3/b25-12-/t19?,20?,23-,28+,29+,30-/m0/s1. The first kappa shape index (κ1) is 25.0. The van der Waals surface area contributed by atoms with Crippen LogP contribution < -0.4 is 0 Å². The van der Waals surface area contributed by atoms with Crippen molar-refractivity contribution in [2.75, 3.05) is 0 Å². The maximum absolute atomic E-state index is 12.8. The highest BCUT2D eigenvalue weighted by molar-refractivity contribution is 5.85. The number of aliphatic hydroxyl groups excluding tert-OH is 1. The van der Waals surface area contributed by atoms with E-state index >= 15 is 0 Å². The smallest absolute Gasteiger partial charge is 0.138 e. The first-order chi connectivity index (χ1) is 15.1. The van der Waals surface area contributed by atoms with Crippen molar-refractivity contribution >= 4 is 5.78 Å². The first-order valence-corrected chi connectivity index (χ1v) is 13.5. The number of ketones is 1. The van der Waals surface area contributed by atoms with E-state index in [0.29, 0.717) is 23.5 Å². The largest absolute Gasteiger partial charge is 0.510 e. The first-order valence-electron chi connectivity index (χ1n) is 13.5. The molecule has 0 aromatic carbocycles. The van der Waals surface area contributed by atoms with Crippen molar-refractivity contribution in [2.45, 2.75) is 119 Å². The van der Waals surface area contributed by atoms with Gasteiger partial charge in [0, 0.05) is 11.8 Å². The van der Waals surface area contributed by atoms with E-state index in [1.54, 1.807) is 25.0 Å². The van der Waals surface area contributed by atoms with Gasteiger partial charge >= 0.3 is 0 Å². The molecular formula is C30H48O3. The number of carbonyl (C=O) groups is 1. The molecule has 3 nitrogen and oxygen atoms in total. The fourth-order valence-electron chi connectivity index (χ4n) is 9.15. The summed E-state index contributed by atoms with van der Waals surface area (Å²) in [7, 11) is 0. The highest BCUT2D eigenvalue weighted by Gasteiger charge is 2.63. The molecule has 0 amide bonds. The lowest BCUT2D eigenvalue weighted by atomic mass is 9.43. The van der Waals surface area contributed by atoms with Crippen LogP contribution in [0.3, 0.4) is 0 Å². The van der Waals surface area contributed by atoms with E-state index in [0.717, 1.165) is 25.7 Å². The fraction of sp³-hybridized carbons (Fsp3) is 0.833. The number of Topliss-reactive ketones (excluding diaryl/α,β-unsaturated/α-hetero) is 1. The molecule has 0 aromatic heterocycles. The summed E-state index contributed by atoms with van der Waals surface area (Å²) in [5.41, 5.74) is 2.81. The van der Waals surface area contributed by atoms with Gasteiger partial charge in [-0.1, -0.05) is 52.7 Å². The third kappa shape index (κ3) is 3.50. The summed E-state index contributed by atoms with van der Waals surface area (Å²) in [6.45, 7) is 17.6. The van der Waals surface area contributed by atoms with Crippen molar-refractivity contribution < 1.29 is 15.0 Å². The maximum Gasteiger partial charge on any atom is 0.138 e. The summed E-state index contributed by atoms with van der Waals surface area (Å²) in [5.74, 6) is 2.13. The van der Waals surface area contributed by atoms with Crippen molar-refractivity contribution in [3.05, 3.63) is 23.0 Å². The topological polar surface area (TPSA) is 57.5 Å². The molecular weight excluding hydrogens is 408 g/mol. The minimum Gasteiger partial charge on any atom is -0.510 e. The molecule has 33 heavy (non-hydrogen) atoms. The van der Waals surface area contributed by atoms with E-state index in [1.165, 1.54) is 32.1 Å². The summed E-state index contributed by atoms with van der Waals surface area (Å²) in [6.07, 6.45) is 11.7. The molecule has 0 radical (unpaired) electrons. The molecule has 186 valence electrons. The lowest BCUT2D eigenvalue weighted by Gasteiger charge is -2.60. The van der Waals surface area contributed by atoms with Gasteiger partial charge < -0.3 is 10.2 Å². The third-order valence-corrected chi connectivity index (χ3v) is 11.6. The predicted octanol–water partition coefficient (Wildman–Crippen LogP) is 7.54. The normalized spacial score (nSPS) is 42.0. The highest BCUT2D eigenvalue weighted by Crippen LogP contribution is 2.72. The van der Waals surface area contributed by atoms with Crippen LogP contribution in [0.15, 0.2) is 23.0 Å². The molecule has 4 aliphatic rings. The van der Waals surface area contributed by atoms with E-state index < -0.39 is 5.60 Å². The number of carbonyl (C=O) groups excluding carboxylic acids is 1. The molecule has 0 heterocycles. The second-order valence-corrected chi connectivity index (χ2v) is 13.9. The summed E-state index contributed by atoms with van der Waals surface area (Å²) in [4.78, 5) is 12.8. The van der Waals surface area contributed by atoms with Crippen LogP contribution in [-0.4, -0.2) is 21.6 Å². The molecule has 4 rings (SSSR count). The molecule has 2 unspecified atom stereocenters. The number of allylic oxidation sites excluding steroid dienone is 3. The number of rotatable bonds is 4.